The minimum absolute atomic E-state index is 0.128. The number of hydrogen-bond donors (Lipinski definition) is 3. The van der Waals surface area contributed by atoms with Crippen molar-refractivity contribution in [1.82, 2.24) is 16.0 Å². The number of aldehydes is 1. The second kappa shape index (κ2) is 17.2. The normalized spacial score (nSPS) is 15.2. The Kier molecular flexibility index (Phi) is 15.5. The van der Waals surface area contributed by atoms with Gasteiger partial charge in [-0.25, -0.2) is 4.79 Å². The van der Waals surface area contributed by atoms with Crippen molar-refractivity contribution in [3.63, 3.8) is 0 Å². The summed E-state index contributed by atoms with van der Waals surface area (Å²) in [6.45, 7) is 14.9. The lowest BCUT2D eigenvalue weighted by atomic mass is 9.96. The number of carbonyl (C=O) groups excluding carboxylic acids is 3. The van der Waals surface area contributed by atoms with Crippen LogP contribution in [0.1, 0.15) is 55.6 Å². The Bertz CT molecular complexity index is 875. The van der Waals surface area contributed by atoms with Crippen LogP contribution in [0.15, 0.2) is 42.7 Å². The van der Waals surface area contributed by atoms with E-state index in [1.165, 1.54) is 0 Å². The molecule has 7 nitrogen and oxygen atoms in total. The molecule has 1 heterocycles. The molecular weight excluding hydrogens is 418 g/mol. The molecule has 1 aliphatic heterocycles. The van der Waals surface area contributed by atoms with Crippen LogP contribution in [-0.2, 0) is 16.1 Å². The Hall–Kier alpha value is -3.37. The van der Waals surface area contributed by atoms with Crippen molar-refractivity contribution >= 4 is 18.2 Å². The van der Waals surface area contributed by atoms with Crippen molar-refractivity contribution in [2.75, 3.05) is 13.7 Å². The van der Waals surface area contributed by atoms with E-state index in [1.54, 1.807) is 13.2 Å². The molecular formula is C26H37N3O4. The van der Waals surface area contributed by atoms with Crippen molar-refractivity contribution in [1.29, 1.82) is 0 Å². The molecule has 3 amide bonds. The molecule has 0 bridgehead atoms. The van der Waals surface area contributed by atoms with Crippen molar-refractivity contribution in [3.05, 3.63) is 59.4 Å². The monoisotopic (exact) mass is 455 g/mol. The molecule has 2 unspecified atom stereocenters. The molecule has 1 aliphatic rings. The van der Waals surface area contributed by atoms with Gasteiger partial charge in [0.25, 0.3) is 5.91 Å². The van der Waals surface area contributed by atoms with Gasteiger partial charge in [-0.2, -0.15) is 0 Å². The number of methoxy groups -OCH3 is 1. The molecule has 1 aromatic carbocycles. The number of ether oxygens (including phenoxy) is 1. The number of hydrogen-bond acceptors (Lipinski definition) is 5. The average Bonchev–Trinajstić information content (AvgIpc) is 3.16. The highest BCUT2D eigenvalue weighted by atomic mass is 16.5. The van der Waals surface area contributed by atoms with Crippen LogP contribution in [0.5, 0.6) is 0 Å². The zero-order valence-electron chi connectivity index (χ0n) is 20.6. The third-order valence-electron chi connectivity index (χ3n) is 4.78. The molecule has 0 aromatic heterocycles. The smallest absolute Gasteiger partial charge is 0.322 e. The van der Waals surface area contributed by atoms with E-state index < -0.39 is 12.1 Å². The van der Waals surface area contributed by atoms with Crippen LogP contribution in [-0.4, -0.2) is 37.9 Å². The van der Waals surface area contributed by atoms with Gasteiger partial charge in [0.15, 0.2) is 0 Å². The van der Waals surface area contributed by atoms with E-state index in [-0.39, 0.29) is 11.8 Å². The summed E-state index contributed by atoms with van der Waals surface area (Å²) in [6.07, 6.45) is 5.04. The number of benzene rings is 1. The largest absolute Gasteiger partial charge is 0.502 e. The predicted molar refractivity (Wildman–Crippen MR) is 133 cm³/mol. The number of imide groups is 1. The van der Waals surface area contributed by atoms with Crippen molar-refractivity contribution in [2.45, 2.75) is 53.6 Å². The Balaban J connectivity index is 0.000000542. The molecule has 33 heavy (non-hydrogen) atoms. The molecule has 2 atom stereocenters. The van der Waals surface area contributed by atoms with Crippen LogP contribution in [0.4, 0.5) is 4.79 Å². The summed E-state index contributed by atoms with van der Waals surface area (Å²) in [6, 6.07) is 4.96. The lowest BCUT2D eigenvalue weighted by molar-refractivity contribution is -0.120. The first-order valence-electron chi connectivity index (χ1n) is 10.8. The molecule has 0 saturated carbocycles. The molecule has 0 radical (unpaired) electrons. The molecule has 0 aliphatic carbocycles. The number of rotatable bonds is 9. The zero-order valence-corrected chi connectivity index (χ0v) is 20.6. The highest BCUT2D eigenvalue weighted by Gasteiger charge is 2.34. The fourth-order valence-electron chi connectivity index (χ4n) is 2.73. The number of aryl methyl sites for hydroxylation is 1. The molecule has 1 saturated heterocycles. The van der Waals surface area contributed by atoms with Gasteiger partial charge < -0.3 is 15.4 Å². The molecule has 2 rings (SSSR count). The van der Waals surface area contributed by atoms with E-state index in [0.717, 1.165) is 41.8 Å². The maximum atomic E-state index is 11.4. The van der Waals surface area contributed by atoms with E-state index in [1.807, 2.05) is 52.0 Å². The van der Waals surface area contributed by atoms with Crippen molar-refractivity contribution in [2.24, 2.45) is 5.92 Å². The van der Waals surface area contributed by atoms with Gasteiger partial charge in [0.05, 0.1) is 12.9 Å². The topological polar surface area (TPSA) is 96.5 Å². The third-order valence-corrected chi connectivity index (χ3v) is 4.78. The van der Waals surface area contributed by atoms with E-state index in [4.69, 9.17) is 4.74 Å². The lowest BCUT2D eigenvalue weighted by Crippen LogP contribution is -2.35. The number of carbonyl (C=O) groups is 3. The highest BCUT2D eigenvalue weighted by molar-refractivity contribution is 6.04. The molecule has 0 spiro atoms. The second-order valence-corrected chi connectivity index (χ2v) is 7.19. The standard InChI is InChI=1S/C11H16N2O3.C11H15NO.C4H6/c1-4-8(6-5-7(2)16-3)9-10(14)13-11(15)12-9;1-3-12-7-10-5-4-9(2)6-11(10)8-13;1-3-4-2/h4-5,8-9H,1,6H2,2-3H3,(H2,12,13,14,15);4-6,8,12H,3,7H2,1-2H3;1-2H3/b7-5+;;. The molecule has 180 valence electrons. The van der Waals surface area contributed by atoms with Gasteiger partial charge in [-0.3, -0.25) is 14.9 Å². The molecule has 1 aromatic rings. The molecule has 1 fully saturated rings. The average molecular weight is 456 g/mol. The Labute approximate surface area is 198 Å². The van der Waals surface area contributed by atoms with Gasteiger partial charge >= 0.3 is 6.03 Å². The van der Waals surface area contributed by atoms with Crippen molar-refractivity contribution < 1.29 is 19.1 Å². The van der Waals surface area contributed by atoms with Crippen LogP contribution in [0.25, 0.3) is 0 Å². The fraction of sp³-hybridized carbons (Fsp3) is 0.423. The van der Waals surface area contributed by atoms with Gasteiger partial charge in [-0.05, 0) is 58.4 Å². The van der Waals surface area contributed by atoms with Gasteiger partial charge in [0.1, 0.15) is 12.3 Å². The second-order valence-electron chi connectivity index (χ2n) is 7.19. The third kappa shape index (κ3) is 11.7. The summed E-state index contributed by atoms with van der Waals surface area (Å²) >= 11 is 0. The van der Waals surface area contributed by atoms with Gasteiger partial charge in [0, 0.05) is 18.0 Å². The zero-order chi connectivity index (χ0) is 25.2. The lowest BCUT2D eigenvalue weighted by Gasteiger charge is -2.15. The van der Waals surface area contributed by atoms with Gasteiger partial charge in [0.2, 0.25) is 0 Å². The minimum atomic E-state index is -0.536. The Morgan fingerprint density at radius 1 is 1.30 bits per heavy atom. The van der Waals surface area contributed by atoms with Crippen LogP contribution < -0.4 is 16.0 Å². The van der Waals surface area contributed by atoms with Crippen LogP contribution >= 0.6 is 0 Å². The van der Waals surface area contributed by atoms with Crippen LogP contribution in [0.2, 0.25) is 0 Å². The Morgan fingerprint density at radius 3 is 2.42 bits per heavy atom. The first-order chi connectivity index (χ1) is 15.8. The fourth-order valence-corrected chi connectivity index (χ4v) is 2.73. The summed E-state index contributed by atoms with van der Waals surface area (Å²) in [4.78, 5) is 33.1. The van der Waals surface area contributed by atoms with E-state index in [9.17, 15) is 14.4 Å². The summed E-state index contributed by atoms with van der Waals surface area (Å²) < 4.78 is 4.99. The first kappa shape index (κ1) is 29.6. The first-order valence-corrected chi connectivity index (χ1v) is 10.8. The minimum Gasteiger partial charge on any atom is -0.502 e. The van der Waals surface area contributed by atoms with Gasteiger partial charge in [-0.15, -0.1) is 18.4 Å². The maximum absolute atomic E-state index is 11.4. The van der Waals surface area contributed by atoms with Crippen LogP contribution in [0, 0.1) is 24.7 Å². The van der Waals surface area contributed by atoms with E-state index in [0.29, 0.717) is 6.42 Å². The number of amides is 3. The molecule has 3 N–H and O–H groups in total. The van der Waals surface area contributed by atoms with E-state index >= 15 is 0 Å². The highest BCUT2D eigenvalue weighted by Crippen LogP contribution is 2.15. The predicted octanol–water partition coefficient (Wildman–Crippen LogP) is 3.88. The molecule has 7 heteroatoms. The SMILES string of the molecule is C=CC(C/C=C(\C)OC)C1NC(=O)NC1=O.CC#CC.CCNCc1ccc(C)cc1C=O. The summed E-state index contributed by atoms with van der Waals surface area (Å²) in [5.74, 6) is 5.70. The number of urea groups is 1. The van der Waals surface area contributed by atoms with Crippen LogP contribution in [0.3, 0.4) is 0 Å². The number of allylic oxidation sites excluding steroid dienone is 2. The maximum Gasteiger partial charge on any atom is 0.322 e. The van der Waals surface area contributed by atoms with Crippen molar-refractivity contribution in [3.8, 4) is 11.8 Å². The Morgan fingerprint density at radius 2 is 1.97 bits per heavy atom. The summed E-state index contributed by atoms with van der Waals surface area (Å²) in [5.41, 5.74) is 2.99. The van der Waals surface area contributed by atoms with E-state index in [2.05, 4.69) is 41.3 Å². The summed E-state index contributed by atoms with van der Waals surface area (Å²) in [5, 5.41) is 7.95. The quantitative estimate of drug-likeness (QED) is 0.173. The number of nitrogens with one attached hydrogen (secondary N) is 3. The van der Waals surface area contributed by atoms with Gasteiger partial charge in [-0.1, -0.05) is 30.7 Å². The summed E-state index contributed by atoms with van der Waals surface area (Å²) in [7, 11) is 1.58.